The van der Waals surface area contributed by atoms with Crippen molar-refractivity contribution >= 4 is 22.6 Å². The fourth-order valence-corrected chi connectivity index (χ4v) is 3.97. The Hall–Kier alpha value is -1.69. The van der Waals surface area contributed by atoms with Crippen LogP contribution in [0.2, 0.25) is 0 Å². The summed E-state index contributed by atoms with van der Waals surface area (Å²) in [5.74, 6) is -1.59. The number of halogens is 3. The SMILES string of the molecule is Fc1ccc2c(c1F)-c1cccn1-c1ccccc1C2I. The summed E-state index contributed by atoms with van der Waals surface area (Å²) >= 11 is 2.29. The van der Waals surface area contributed by atoms with Crippen LogP contribution in [0.5, 0.6) is 0 Å². The summed E-state index contributed by atoms with van der Waals surface area (Å²) in [6, 6.07) is 14.5. The van der Waals surface area contributed by atoms with Gasteiger partial charge in [-0.3, -0.25) is 0 Å². The molecule has 1 atom stereocenters. The molecule has 4 rings (SSSR count). The highest BCUT2D eigenvalue weighted by atomic mass is 127. The van der Waals surface area contributed by atoms with E-state index in [9.17, 15) is 8.78 Å². The smallest absolute Gasteiger partial charge is 0.168 e. The van der Waals surface area contributed by atoms with Gasteiger partial charge in [-0.25, -0.2) is 8.78 Å². The number of fused-ring (bicyclic) bond motifs is 5. The first-order valence-electron chi connectivity index (χ1n) is 6.57. The molecule has 1 aliphatic heterocycles. The predicted molar refractivity (Wildman–Crippen MR) is 87.0 cm³/mol. The normalized spacial score (nSPS) is 15.9. The molecule has 4 heteroatoms. The molecule has 0 bridgehead atoms. The summed E-state index contributed by atoms with van der Waals surface area (Å²) in [6.07, 6.45) is 1.89. The lowest BCUT2D eigenvalue weighted by Crippen LogP contribution is -1.98. The van der Waals surface area contributed by atoms with Crippen LogP contribution >= 0.6 is 22.6 Å². The van der Waals surface area contributed by atoms with E-state index in [0.29, 0.717) is 11.3 Å². The third-order valence-electron chi connectivity index (χ3n) is 3.87. The highest BCUT2D eigenvalue weighted by Crippen LogP contribution is 2.45. The third-order valence-corrected chi connectivity index (χ3v) is 5.22. The Bertz CT molecular complexity index is 854. The second kappa shape index (κ2) is 4.66. The van der Waals surface area contributed by atoms with Gasteiger partial charge >= 0.3 is 0 Å². The van der Waals surface area contributed by atoms with Gasteiger partial charge < -0.3 is 4.57 Å². The molecule has 1 aliphatic rings. The maximum absolute atomic E-state index is 14.4. The number of alkyl halides is 1. The van der Waals surface area contributed by atoms with Crippen LogP contribution < -0.4 is 0 Å². The molecule has 21 heavy (non-hydrogen) atoms. The van der Waals surface area contributed by atoms with Gasteiger partial charge in [0.05, 0.1) is 15.3 Å². The number of rotatable bonds is 0. The van der Waals surface area contributed by atoms with Gasteiger partial charge in [0.1, 0.15) is 0 Å². The highest BCUT2D eigenvalue weighted by molar-refractivity contribution is 14.1. The average Bonchev–Trinajstić information content (AvgIpc) is 2.94. The van der Waals surface area contributed by atoms with Gasteiger partial charge in [0, 0.05) is 11.8 Å². The summed E-state index contributed by atoms with van der Waals surface area (Å²) in [6.45, 7) is 0. The molecule has 0 saturated carbocycles. The number of hydrogen-bond acceptors (Lipinski definition) is 0. The zero-order chi connectivity index (χ0) is 14.6. The Balaban J connectivity index is 2.17. The maximum atomic E-state index is 14.4. The number of nitrogens with zero attached hydrogens (tertiary/aromatic N) is 1. The summed E-state index contributed by atoms with van der Waals surface area (Å²) in [5.41, 5.74) is 3.96. The molecule has 0 radical (unpaired) electrons. The zero-order valence-corrected chi connectivity index (χ0v) is 13.0. The van der Waals surface area contributed by atoms with Crippen LogP contribution in [0.4, 0.5) is 8.78 Å². The molecule has 0 saturated heterocycles. The van der Waals surface area contributed by atoms with Crippen molar-refractivity contribution in [1.29, 1.82) is 0 Å². The average molecular weight is 393 g/mol. The van der Waals surface area contributed by atoms with Gasteiger partial charge in [-0.1, -0.05) is 46.9 Å². The summed E-state index contributed by atoms with van der Waals surface area (Å²) in [4.78, 5) is 0. The molecule has 2 aromatic carbocycles. The fraction of sp³-hybridized carbons (Fsp3) is 0.0588. The van der Waals surface area contributed by atoms with Crippen molar-refractivity contribution in [2.24, 2.45) is 0 Å². The quantitative estimate of drug-likeness (QED) is 0.363. The van der Waals surface area contributed by atoms with Gasteiger partial charge in [0.15, 0.2) is 11.6 Å². The largest absolute Gasteiger partial charge is 0.316 e. The molecule has 3 aromatic rings. The minimum Gasteiger partial charge on any atom is -0.316 e. The minimum atomic E-state index is -0.809. The van der Waals surface area contributed by atoms with Gasteiger partial charge in [-0.05, 0) is 35.4 Å². The molecule has 0 fully saturated rings. The summed E-state index contributed by atoms with van der Waals surface area (Å²) in [5, 5.41) is 0. The van der Waals surface area contributed by atoms with Gasteiger partial charge in [-0.2, -0.15) is 0 Å². The second-order valence-electron chi connectivity index (χ2n) is 5.01. The molecule has 0 amide bonds. The van der Waals surface area contributed by atoms with E-state index in [1.54, 1.807) is 6.07 Å². The first-order valence-corrected chi connectivity index (χ1v) is 7.82. The lowest BCUT2D eigenvalue weighted by molar-refractivity contribution is 0.510. The lowest BCUT2D eigenvalue weighted by atomic mass is 9.98. The van der Waals surface area contributed by atoms with E-state index in [1.807, 2.05) is 47.2 Å². The molecular weight excluding hydrogens is 383 g/mol. The van der Waals surface area contributed by atoms with Crippen LogP contribution in [-0.2, 0) is 0 Å². The Morgan fingerprint density at radius 1 is 0.905 bits per heavy atom. The van der Waals surface area contributed by atoms with Crippen LogP contribution in [0.25, 0.3) is 16.9 Å². The molecule has 1 unspecified atom stereocenters. The van der Waals surface area contributed by atoms with Crippen molar-refractivity contribution in [3.63, 3.8) is 0 Å². The Morgan fingerprint density at radius 3 is 2.57 bits per heavy atom. The monoisotopic (exact) mass is 393 g/mol. The molecular formula is C17H10F2IN. The van der Waals surface area contributed by atoms with Crippen LogP contribution in [0.1, 0.15) is 15.1 Å². The van der Waals surface area contributed by atoms with Crippen LogP contribution in [0, 0.1) is 11.6 Å². The first-order chi connectivity index (χ1) is 10.2. The Labute approximate surface area is 134 Å². The Morgan fingerprint density at radius 2 is 1.71 bits per heavy atom. The molecule has 0 aliphatic carbocycles. The zero-order valence-electron chi connectivity index (χ0n) is 10.9. The van der Waals surface area contributed by atoms with E-state index in [0.717, 1.165) is 16.8 Å². The van der Waals surface area contributed by atoms with Crippen molar-refractivity contribution in [2.45, 2.75) is 3.92 Å². The molecule has 2 heterocycles. The number of aromatic nitrogens is 1. The van der Waals surface area contributed by atoms with Crippen molar-refractivity contribution in [3.05, 3.63) is 77.5 Å². The molecule has 1 aromatic heterocycles. The molecule has 0 spiro atoms. The highest BCUT2D eigenvalue weighted by Gasteiger charge is 2.28. The lowest BCUT2D eigenvalue weighted by Gasteiger charge is -2.14. The van der Waals surface area contributed by atoms with E-state index >= 15 is 0 Å². The van der Waals surface area contributed by atoms with Gasteiger partial charge in [0.2, 0.25) is 0 Å². The van der Waals surface area contributed by atoms with Gasteiger partial charge in [-0.15, -0.1) is 0 Å². The second-order valence-corrected chi connectivity index (χ2v) is 6.26. The molecule has 104 valence electrons. The van der Waals surface area contributed by atoms with Crippen molar-refractivity contribution < 1.29 is 8.78 Å². The van der Waals surface area contributed by atoms with Crippen LogP contribution in [0.15, 0.2) is 54.7 Å². The number of hydrogen-bond donors (Lipinski definition) is 0. The molecule has 1 nitrogen and oxygen atoms in total. The van der Waals surface area contributed by atoms with E-state index < -0.39 is 11.6 Å². The predicted octanol–water partition coefficient (Wildman–Crippen LogP) is 5.26. The van der Waals surface area contributed by atoms with Crippen molar-refractivity contribution in [2.75, 3.05) is 0 Å². The first kappa shape index (κ1) is 13.0. The maximum Gasteiger partial charge on any atom is 0.168 e. The molecule has 0 N–H and O–H groups in total. The number of benzene rings is 2. The van der Waals surface area contributed by atoms with E-state index in [-0.39, 0.29) is 3.92 Å². The van der Waals surface area contributed by atoms with Gasteiger partial charge in [0.25, 0.3) is 0 Å². The minimum absolute atomic E-state index is 0.0243. The van der Waals surface area contributed by atoms with Crippen molar-refractivity contribution in [1.82, 2.24) is 4.57 Å². The Kier molecular flexibility index (Phi) is 2.89. The standard InChI is InChI=1S/C17H10F2IN/c18-12-8-7-11-15(16(12)19)14-6-3-9-21(14)13-5-2-1-4-10(13)17(11)20/h1-9,17H. The van der Waals surface area contributed by atoms with Crippen LogP contribution in [0.3, 0.4) is 0 Å². The van der Waals surface area contributed by atoms with Crippen LogP contribution in [-0.4, -0.2) is 4.57 Å². The topological polar surface area (TPSA) is 4.93 Å². The summed E-state index contributed by atoms with van der Waals surface area (Å²) in [7, 11) is 0. The van der Waals surface area contributed by atoms with Crippen molar-refractivity contribution in [3.8, 4) is 16.9 Å². The summed E-state index contributed by atoms with van der Waals surface area (Å²) < 4.78 is 30.0. The van der Waals surface area contributed by atoms with E-state index in [1.165, 1.54) is 6.07 Å². The number of para-hydroxylation sites is 1. The fourth-order valence-electron chi connectivity index (χ4n) is 2.92. The third kappa shape index (κ3) is 1.78. The van der Waals surface area contributed by atoms with E-state index in [4.69, 9.17) is 0 Å². The van der Waals surface area contributed by atoms with E-state index in [2.05, 4.69) is 22.6 Å².